The van der Waals surface area contributed by atoms with E-state index in [4.69, 9.17) is 4.74 Å². The van der Waals surface area contributed by atoms with Crippen molar-refractivity contribution in [1.82, 2.24) is 5.32 Å². The van der Waals surface area contributed by atoms with E-state index >= 15 is 0 Å². The number of ether oxygens (including phenoxy) is 1. The first-order valence-electron chi connectivity index (χ1n) is 9.01. The van der Waals surface area contributed by atoms with Crippen LogP contribution in [-0.2, 0) is 13.2 Å². The molecule has 0 aromatic heterocycles. The van der Waals surface area contributed by atoms with Crippen LogP contribution in [0.5, 0.6) is 5.75 Å². The van der Waals surface area contributed by atoms with Gasteiger partial charge in [0.05, 0.1) is 0 Å². The normalized spacial score (nSPS) is 11.6. The van der Waals surface area contributed by atoms with Crippen LogP contribution >= 0.6 is 0 Å². The molecular formula is C23H27NO. The topological polar surface area (TPSA) is 21.3 Å². The molecule has 0 fully saturated rings. The average Bonchev–Trinajstić information content (AvgIpc) is 2.65. The second kappa shape index (κ2) is 7.71. The van der Waals surface area contributed by atoms with Crippen LogP contribution in [0.15, 0.2) is 66.7 Å². The Morgan fingerprint density at radius 1 is 0.880 bits per heavy atom. The summed E-state index contributed by atoms with van der Waals surface area (Å²) in [5, 5.41) is 6.18. The quantitative estimate of drug-likeness (QED) is 0.599. The third kappa shape index (κ3) is 4.40. The van der Waals surface area contributed by atoms with Crippen molar-refractivity contribution in [2.45, 2.75) is 45.9 Å². The monoisotopic (exact) mass is 333 g/mol. The zero-order chi connectivity index (χ0) is 17.7. The highest BCUT2D eigenvalue weighted by molar-refractivity contribution is 5.87. The summed E-state index contributed by atoms with van der Waals surface area (Å²) >= 11 is 0. The summed E-state index contributed by atoms with van der Waals surface area (Å²) in [5.74, 6) is 0.960. The first-order chi connectivity index (χ1) is 12.1. The first-order valence-corrected chi connectivity index (χ1v) is 9.01. The molecule has 0 atom stereocenters. The molecule has 0 aliphatic heterocycles. The largest absolute Gasteiger partial charge is 0.489 e. The van der Waals surface area contributed by atoms with Gasteiger partial charge in [0.2, 0.25) is 0 Å². The molecule has 0 saturated carbocycles. The molecule has 3 rings (SSSR count). The standard InChI is InChI=1S/C23H27NO/c1-4-23(2,3)24-16-21-20-13-9-8-12-19(20)14-15-22(21)25-17-18-10-6-5-7-11-18/h5-15,24H,4,16-17H2,1-3H3. The molecular weight excluding hydrogens is 306 g/mol. The molecule has 0 amide bonds. The molecule has 0 aliphatic rings. The lowest BCUT2D eigenvalue weighted by Gasteiger charge is -2.26. The van der Waals surface area contributed by atoms with Crippen molar-refractivity contribution in [3.63, 3.8) is 0 Å². The maximum absolute atomic E-state index is 6.19. The molecule has 0 saturated heterocycles. The molecule has 3 aromatic carbocycles. The lowest BCUT2D eigenvalue weighted by Crippen LogP contribution is -2.37. The Balaban J connectivity index is 1.89. The number of fused-ring (bicyclic) bond motifs is 1. The van der Waals surface area contributed by atoms with Gasteiger partial charge in [-0.2, -0.15) is 0 Å². The molecule has 0 spiro atoms. The van der Waals surface area contributed by atoms with E-state index in [1.165, 1.54) is 21.9 Å². The van der Waals surface area contributed by atoms with Gasteiger partial charge in [-0.25, -0.2) is 0 Å². The minimum absolute atomic E-state index is 0.105. The third-order valence-electron chi connectivity index (χ3n) is 4.86. The summed E-state index contributed by atoms with van der Waals surface area (Å²) in [6.07, 6.45) is 1.08. The fraction of sp³-hybridized carbons (Fsp3) is 0.304. The zero-order valence-electron chi connectivity index (χ0n) is 15.4. The van der Waals surface area contributed by atoms with Gasteiger partial charge >= 0.3 is 0 Å². The molecule has 2 nitrogen and oxygen atoms in total. The second-order valence-electron chi connectivity index (χ2n) is 7.13. The molecule has 0 unspecified atom stereocenters. The van der Waals surface area contributed by atoms with Crippen LogP contribution in [0, 0.1) is 0 Å². The van der Waals surface area contributed by atoms with Gasteiger partial charge in [0.25, 0.3) is 0 Å². The van der Waals surface area contributed by atoms with E-state index in [1.54, 1.807) is 0 Å². The molecule has 1 N–H and O–H groups in total. The van der Waals surface area contributed by atoms with Crippen LogP contribution in [0.4, 0.5) is 0 Å². The Kier molecular flexibility index (Phi) is 5.40. The molecule has 0 radical (unpaired) electrons. The van der Waals surface area contributed by atoms with Gasteiger partial charge in [0.1, 0.15) is 12.4 Å². The summed E-state index contributed by atoms with van der Waals surface area (Å²) in [5.41, 5.74) is 2.52. The molecule has 0 aliphatic carbocycles. The van der Waals surface area contributed by atoms with Gasteiger partial charge in [0.15, 0.2) is 0 Å². The SMILES string of the molecule is CCC(C)(C)NCc1c(OCc2ccccc2)ccc2ccccc12. The Morgan fingerprint density at radius 2 is 1.60 bits per heavy atom. The Hall–Kier alpha value is -2.32. The van der Waals surface area contributed by atoms with Gasteiger partial charge in [-0.1, -0.05) is 67.6 Å². The molecule has 25 heavy (non-hydrogen) atoms. The lowest BCUT2D eigenvalue weighted by atomic mass is 9.99. The lowest BCUT2D eigenvalue weighted by molar-refractivity contribution is 0.299. The van der Waals surface area contributed by atoms with Crippen molar-refractivity contribution in [3.05, 3.63) is 77.9 Å². The van der Waals surface area contributed by atoms with Gasteiger partial charge < -0.3 is 10.1 Å². The highest BCUT2D eigenvalue weighted by atomic mass is 16.5. The van der Waals surface area contributed by atoms with E-state index in [2.05, 4.69) is 74.6 Å². The Morgan fingerprint density at radius 3 is 2.36 bits per heavy atom. The number of rotatable bonds is 7. The van der Waals surface area contributed by atoms with Crippen LogP contribution in [0.3, 0.4) is 0 Å². The molecule has 2 heteroatoms. The second-order valence-corrected chi connectivity index (χ2v) is 7.13. The fourth-order valence-electron chi connectivity index (χ4n) is 2.82. The summed E-state index contributed by atoms with van der Waals surface area (Å²) in [6, 6.07) is 23.1. The van der Waals surface area contributed by atoms with Crippen molar-refractivity contribution in [2.75, 3.05) is 0 Å². The van der Waals surface area contributed by atoms with Crippen molar-refractivity contribution in [3.8, 4) is 5.75 Å². The highest BCUT2D eigenvalue weighted by Crippen LogP contribution is 2.29. The van der Waals surface area contributed by atoms with Crippen LogP contribution in [0.1, 0.15) is 38.3 Å². The van der Waals surface area contributed by atoms with E-state index < -0.39 is 0 Å². The molecule has 0 bridgehead atoms. The number of hydrogen-bond donors (Lipinski definition) is 1. The third-order valence-corrected chi connectivity index (χ3v) is 4.86. The predicted octanol–water partition coefficient (Wildman–Crippen LogP) is 5.70. The van der Waals surface area contributed by atoms with Crippen molar-refractivity contribution in [2.24, 2.45) is 0 Å². The minimum Gasteiger partial charge on any atom is -0.489 e. The van der Waals surface area contributed by atoms with Crippen molar-refractivity contribution in [1.29, 1.82) is 0 Å². The highest BCUT2D eigenvalue weighted by Gasteiger charge is 2.16. The average molecular weight is 333 g/mol. The molecule has 0 heterocycles. The van der Waals surface area contributed by atoms with Crippen LogP contribution in [0.25, 0.3) is 10.8 Å². The van der Waals surface area contributed by atoms with Crippen LogP contribution in [0.2, 0.25) is 0 Å². The number of nitrogens with one attached hydrogen (secondary N) is 1. The summed E-state index contributed by atoms with van der Waals surface area (Å²) in [4.78, 5) is 0. The first kappa shape index (κ1) is 17.5. The number of hydrogen-bond acceptors (Lipinski definition) is 2. The maximum Gasteiger partial charge on any atom is 0.124 e. The summed E-state index contributed by atoms with van der Waals surface area (Å²) in [7, 11) is 0. The van der Waals surface area contributed by atoms with Crippen LogP contribution in [-0.4, -0.2) is 5.54 Å². The van der Waals surface area contributed by atoms with Gasteiger partial charge in [-0.05, 0) is 42.7 Å². The Bertz CT molecular complexity index is 824. The van der Waals surface area contributed by atoms with Gasteiger partial charge in [-0.15, -0.1) is 0 Å². The summed E-state index contributed by atoms with van der Waals surface area (Å²) < 4.78 is 6.19. The van der Waals surface area contributed by atoms with Crippen molar-refractivity contribution >= 4 is 10.8 Å². The predicted molar refractivity (Wildman–Crippen MR) is 106 cm³/mol. The minimum atomic E-state index is 0.105. The Labute approximate surface area is 150 Å². The smallest absolute Gasteiger partial charge is 0.124 e. The fourth-order valence-corrected chi connectivity index (χ4v) is 2.82. The van der Waals surface area contributed by atoms with Gasteiger partial charge in [0, 0.05) is 17.6 Å². The van der Waals surface area contributed by atoms with Crippen LogP contribution < -0.4 is 10.1 Å². The van der Waals surface area contributed by atoms with E-state index in [9.17, 15) is 0 Å². The van der Waals surface area contributed by atoms with E-state index in [1.807, 2.05) is 18.2 Å². The van der Waals surface area contributed by atoms with Gasteiger partial charge in [-0.3, -0.25) is 0 Å². The van der Waals surface area contributed by atoms with E-state index in [0.717, 1.165) is 18.7 Å². The van der Waals surface area contributed by atoms with Crippen molar-refractivity contribution < 1.29 is 4.74 Å². The summed E-state index contributed by atoms with van der Waals surface area (Å²) in [6.45, 7) is 8.07. The van der Waals surface area contributed by atoms with E-state index in [-0.39, 0.29) is 5.54 Å². The maximum atomic E-state index is 6.19. The molecule has 3 aromatic rings. The number of benzene rings is 3. The van der Waals surface area contributed by atoms with E-state index in [0.29, 0.717) is 6.61 Å². The molecule has 130 valence electrons. The zero-order valence-corrected chi connectivity index (χ0v) is 15.4.